The Morgan fingerprint density at radius 1 is 1.50 bits per heavy atom. The smallest absolute Gasteiger partial charge is 0.358 e. The van der Waals surface area contributed by atoms with Gasteiger partial charge < -0.3 is 10.1 Å². The summed E-state index contributed by atoms with van der Waals surface area (Å²) in [6.45, 7) is 5.83. The molecule has 4 heteroatoms. The van der Waals surface area contributed by atoms with Gasteiger partial charge in [-0.2, -0.15) is 0 Å². The normalized spacial score (nSPS) is 10.6. The predicted octanol–water partition coefficient (Wildman–Crippen LogP) is 2.68. The van der Waals surface area contributed by atoms with Gasteiger partial charge in [0, 0.05) is 11.5 Å². The van der Waals surface area contributed by atoms with Crippen LogP contribution in [-0.4, -0.2) is 9.91 Å². The van der Waals surface area contributed by atoms with Crippen molar-refractivity contribution in [3.63, 3.8) is 0 Å². The number of aryl methyl sites for hydroxylation is 1. The monoisotopic (exact) mass is 194 g/mol. The minimum Gasteiger partial charge on any atom is -0.358 e. The van der Waals surface area contributed by atoms with Gasteiger partial charge in [-0.3, -0.25) is 0 Å². The highest BCUT2D eigenvalue weighted by atomic mass is 16.6. The van der Waals surface area contributed by atoms with Gasteiger partial charge >= 0.3 is 5.82 Å². The van der Waals surface area contributed by atoms with E-state index in [-0.39, 0.29) is 11.7 Å². The maximum Gasteiger partial charge on any atom is 0.366 e. The first-order valence-electron chi connectivity index (χ1n) is 4.70. The van der Waals surface area contributed by atoms with E-state index in [1.54, 1.807) is 6.07 Å². The summed E-state index contributed by atoms with van der Waals surface area (Å²) >= 11 is 0. The Balaban J connectivity index is 3.21. The molecule has 76 valence electrons. The lowest BCUT2D eigenvalue weighted by molar-refractivity contribution is -0.390. The minimum atomic E-state index is -0.412. The summed E-state index contributed by atoms with van der Waals surface area (Å²) < 4.78 is 0. The molecule has 1 rings (SSSR count). The molecule has 0 aliphatic heterocycles. The maximum atomic E-state index is 10.7. The third-order valence-corrected chi connectivity index (χ3v) is 2.12. The van der Waals surface area contributed by atoms with Crippen LogP contribution in [0, 0.1) is 10.1 Å². The van der Waals surface area contributed by atoms with E-state index in [2.05, 4.69) is 4.98 Å². The van der Waals surface area contributed by atoms with Crippen molar-refractivity contribution in [2.45, 2.75) is 33.1 Å². The first-order valence-corrected chi connectivity index (χ1v) is 4.70. The SMILES string of the molecule is CCc1ccc(C(C)C)nc1[N+](=O)[O-]. The number of pyridine rings is 1. The van der Waals surface area contributed by atoms with E-state index >= 15 is 0 Å². The Labute approximate surface area is 83.1 Å². The molecule has 0 unspecified atom stereocenters. The molecule has 0 bridgehead atoms. The van der Waals surface area contributed by atoms with Gasteiger partial charge in [-0.05, 0) is 28.5 Å². The number of nitro groups is 1. The molecule has 0 saturated heterocycles. The fourth-order valence-electron chi connectivity index (χ4n) is 1.25. The van der Waals surface area contributed by atoms with Crippen molar-refractivity contribution in [3.8, 4) is 0 Å². The third kappa shape index (κ3) is 2.07. The second kappa shape index (κ2) is 4.17. The van der Waals surface area contributed by atoms with Crippen LogP contribution in [0.2, 0.25) is 0 Å². The zero-order valence-electron chi connectivity index (χ0n) is 8.65. The molecule has 4 nitrogen and oxygen atoms in total. The van der Waals surface area contributed by atoms with Crippen molar-refractivity contribution in [2.75, 3.05) is 0 Å². The summed E-state index contributed by atoms with van der Waals surface area (Å²) in [6, 6.07) is 3.65. The number of nitrogens with zero attached hydrogens (tertiary/aromatic N) is 2. The number of hydrogen-bond donors (Lipinski definition) is 0. The molecule has 0 saturated carbocycles. The van der Waals surface area contributed by atoms with Gasteiger partial charge in [-0.15, -0.1) is 0 Å². The zero-order chi connectivity index (χ0) is 10.7. The lowest BCUT2D eigenvalue weighted by Crippen LogP contribution is -2.01. The minimum absolute atomic E-state index is 0.00120. The van der Waals surface area contributed by atoms with Crippen molar-refractivity contribution < 1.29 is 4.92 Å². The molecular weight excluding hydrogens is 180 g/mol. The summed E-state index contributed by atoms with van der Waals surface area (Å²) in [5, 5.41) is 10.7. The van der Waals surface area contributed by atoms with Crippen LogP contribution in [-0.2, 0) is 6.42 Å². The molecule has 1 aromatic rings. The molecule has 1 heterocycles. The van der Waals surface area contributed by atoms with Crippen LogP contribution in [0.1, 0.15) is 37.9 Å². The Hall–Kier alpha value is -1.45. The van der Waals surface area contributed by atoms with Gasteiger partial charge in [0.05, 0.1) is 0 Å². The third-order valence-electron chi connectivity index (χ3n) is 2.12. The number of aromatic nitrogens is 1. The molecule has 14 heavy (non-hydrogen) atoms. The standard InChI is InChI=1S/C10H14N2O2/c1-4-8-5-6-9(7(2)3)11-10(8)12(13)14/h5-7H,4H2,1-3H3. The highest BCUT2D eigenvalue weighted by molar-refractivity contribution is 5.34. The fourth-order valence-corrected chi connectivity index (χ4v) is 1.25. The van der Waals surface area contributed by atoms with E-state index in [1.165, 1.54) is 0 Å². The van der Waals surface area contributed by atoms with Crippen molar-refractivity contribution in [3.05, 3.63) is 33.5 Å². The Morgan fingerprint density at radius 2 is 2.14 bits per heavy atom. The highest BCUT2D eigenvalue weighted by Crippen LogP contribution is 2.20. The van der Waals surface area contributed by atoms with Crippen molar-refractivity contribution in [1.82, 2.24) is 4.98 Å². The number of rotatable bonds is 3. The van der Waals surface area contributed by atoms with Crippen molar-refractivity contribution >= 4 is 5.82 Å². The molecule has 0 N–H and O–H groups in total. The summed E-state index contributed by atoms with van der Waals surface area (Å²) in [6.07, 6.45) is 0.641. The molecule has 0 spiro atoms. The van der Waals surface area contributed by atoms with Crippen LogP contribution in [0.5, 0.6) is 0 Å². The van der Waals surface area contributed by atoms with Crippen LogP contribution in [0.3, 0.4) is 0 Å². The van der Waals surface area contributed by atoms with Crippen LogP contribution < -0.4 is 0 Å². The summed E-state index contributed by atoms with van der Waals surface area (Å²) in [4.78, 5) is 14.3. The molecule has 0 amide bonds. The lowest BCUT2D eigenvalue weighted by Gasteiger charge is -2.03. The lowest BCUT2D eigenvalue weighted by atomic mass is 10.1. The molecule has 0 aromatic carbocycles. The van der Waals surface area contributed by atoms with Crippen LogP contribution in [0.25, 0.3) is 0 Å². The van der Waals surface area contributed by atoms with Crippen LogP contribution in [0.15, 0.2) is 12.1 Å². The molecule has 1 aromatic heterocycles. The number of hydrogen-bond acceptors (Lipinski definition) is 3. The van der Waals surface area contributed by atoms with Crippen molar-refractivity contribution in [1.29, 1.82) is 0 Å². The van der Waals surface area contributed by atoms with E-state index in [0.29, 0.717) is 12.0 Å². The summed E-state index contributed by atoms with van der Waals surface area (Å²) in [5.41, 5.74) is 1.47. The average molecular weight is 194 g/mol. The van der Waals surface area contributed by atoms with Gasteiger partial charge in [-0.25, -0.2) is 0 Å². The Morgan fingerprint density at radius 3 is 2.57 bits per heavy atom. The topological polar surface area (TPSA) is 56.0 Å². The Bertz CT molecular complexity index is 348. The molecule has 0 aliphatic carbocycles. The fraction of sp³-hybridized carbons (Fsp3) is 0.500. The summed E-state index contributed by atoms with van der Waals surface area (Å²) in [7, 11) is 0. The van der Waals surface area contributed by atoms with Crippen LogP contribution >= 0.6 is 0 Å². The van der Waals surface area contributed by atoms with Gasteiger partial charge in [-0.1, -0.05) is 20.8 Å². The van der Waals surface area contributed by atoms with E-state index in [1.807, 2.05) is 26.8 Å². The first kappa shape index (κ1) is 10.6. The van der Waals surface area contributed by atoms with Crippen molar-refractivity contribution in [2.24, 2.45) is 0 Å². The molecule has 0 atom stereocenters. The zero-order valence-corrected chi connectivity index (χ0v) is 8.65. The van der Waals surface area contributed by atoms with Gasteiger partial charge in [0.1, 0.15) is 0 Å². The molecular formula is C10H14N2O2. The predicted molar refractivity (Wildman–Crippen MR) is 54.4 cm³/mol. The van der Waals surface area contributed by atoms with Gasteiger partial charge in [0.15, 0.2) is 5.69 Å². The first-order chi connectivity index (χ1) is 6.56. The molecule has 0 radical (unpaired) electrons. The largest absolute Gasteiger partial charge is 0.366 e. The summed E-state index contributed by atoms with van der Waals surface area (Å²) in [5.74, 6) is 0.221. The maximum absolute atomic E-state index is 10.7. The van der Waals surface area contributed by atoms with E-state index in [0.717, 1.165) is 5.69 Å². The molecule has 0 fully saturated rings. The van der Waals surface area contributed by atoms with E-state index in [4.69, 9.17) is 0 Å². The second-order valence-electron chi connectivity index (χ2n) is 3.48. The quantitative estimate of drug-likeness (QED) is 0.549. The Kier molecular flexibility index (Phi) is 3.17. The van der Waals surface area contributed by atoms with Gasteiger partial charge in [0.25, 0.3) is 0 Å². The van der Waals surface area contributed by atoms with E-state index < -0.39 is 4.92 Å². The van der Waals surface area contributed by atoms with Crippen LogP contribution in [0.4, 0.5) is 5.82 Å². The second-order valence-corrected chi connectivity index (χ2v) is 3.48. The molecule has 0 aliphatic rings. The average Bonchev–Trinajstić information content (AvgIpc) is 2.16. The van der Waals surface area contributed by atoms with Gasteiger partial charge in [0.2, 0.25) is 0 Å². The highest BCUT2D eigenvalue weighted by Gasteiger charge is 2.17. The van der Waals surface area contributed by atoms with E-state index in [9.17, 15) is 10.1 Å².